The Morgan fingerprint density at radius 1 is 1.71 bits per heavy atom. The fraction of sp³-hybridized carbons (Fsp3) is 0.364. The van der Waals surface area contributed by atoms with Crippen LogP contribution in [0.1, 0.15) is 13.3 Å². The predicted molar refractivity (Wildman–Crippen MR) is 61.7 cm³/mol. The molecule has 1 aromatic rings. The van der Waals surface area contributed by atoms with Crippen LogP contribution in [0.5, 0.6) is 5.88 Å². The zero-order chi connectivity index (χ0) is 12.7. The maximum absolute atomic E-state index is 10.9. The number of terminal acetylenes is 1. The number of nitrogens with one attached hydrogen (secondary N) is 1. The number of carboxylic acids is 1. The molecule has 0 aliphatic rings. The summed E-state index contributed by atoms with van der Waals surface area (Å²) in [4.78, 5) is 18.6. The van der Waals surface area contributed by atoms with Gasteiger partial charge in [-0.2, -0.15) is 0 Å². The zero-order valence-electron chi connectivity index (χ0n) is 9.38. The monoisotopic (exact) mass is 235 g/mol. The first kappa shape index (κ1) is 12.8. The molecule has 0 radical (unpaired) electrons. The molecular formula is C11H13N3O3. The van der Waals surface area contributed by atoms with Crippen LogP contribution < -0.4 is 10.1 Å². The number of carboxylic acid groups (broad SMARTS) is 1. The number of ether oxygens (including phenoxy) is 1. The highest BCUT2D eigenvalue weighted by atomic mass is 16.5. The first-order valence-electron chi connectivity index (χ1n) is 5.05. The van der Waals surface area contributed by atoms with Crippen molar-refractivity contribution < 1.29 is 14.6 Å². The summed E-state index contributed by atoms with van der Waals surface area (Å²) >= 11 is 0. The number of hydrogen-bond donors (Lipinski definition) is 2. The molecule has 0 aliphatic carbocycles. The third kappa shape index (κ3) is 3.99. The van der Waals surface area contributed by atoms with E-state index in [4.69, 9.17) is 16.3 Å². The molecule has 6 heteroatoms. The average Bonchev–Trinajstić information content (AvgIpc) is 2.29. The lowest BCUT2D eigenvalue weighted by atomic mass is 10.2. The lowest BCUT2D eigenvalue weighted by molar-refractivity contribution is -0.137. The van der Waals surface area contributed by atoms with Gasteiger partial charge in [-0.1, -0.05) is 0 Å². The van der Waals surface area contributed by atoms with Gasteiger partial charge in [0.15, 0.2) is 0 Å². The highest BCUT2D eigenvalue weighted by Gasteiger charge is 2.16. The summed E-state index contributed by atoms with van der Waals surface area (Å²) in [6.45, 7) is 2.30. The van der Waals surface area contributed by atoms with Crippen LogP contribution in [0.3, 0.4) is 0 Å². The second-order valence-electron chi connectivity index (χ2n) is 3.12. The molecule has 6 nitrogen and oxygen atoms in total. The standard InChI is InChI=1S/C11H13N3O3/c1-3-5-8(11(15)16)14-9-6-10(17-4-2)13-7-12-9/h1,6-8H,4-5H2,2H3,(H,15,16)(H,12,13,14). The van der Waals surface area contributed by atoms with Crippen LogP contribution in [-0.4, -0.2) is 33.7 Å². The van der Waals surface area contributed by atoms with Crippen molar-refractivity contribution in [3.8, 4) is 18.2 Å². The maximum atomic E-state index is 10.9. The van der Waals surface area contributed by atoms with Crippen LogP contribution in [0.15, 0.2) is 12.4 Å². The van der Waals surface area contributed by atoms with Crippen LogP contribution in [0.2, 0.25) is 0 Å². The van der Waals surface area contributed by atoms with E-state index in [0.717, 1.165) is 0 Å². The summed E-state index contributed by atoms with van der Waals surface area (Å²) in [7, 11) is 0. The molecule has 17 heavy (non-hydrogen) atoms. The molecule has 0 amide bonds. The number of nitrogens with zero attached hydrogens (tertiary/aromatic N) is 2. The molecule has 1 atom stereocenters. The number of rotatable bonds is 6. The molecular weight excluding hydrogens is 222 g/mol. The number of aromatic nitrogens is 2. The minimum atomic E-state index is -1.03. The Kier molecular flexibility index (Phi) is 4.76. The van der Waals surface area contributed by atoms with Crippen LogP contribution >= 0.6 is 0 Å². The number of aliphatic carboxylic acids is 1. The fourth-order valence-electron chi connectivity index (χ4n) is 1.14. The first-order chi connectivity index (χ1) is 8.17. The van der Waals surface area contributed by atoms with E-state index in [1.165, 1.54) is 12.4 Å². The third-order valence-corrected chi connectivity index (χ3v) is 1.88. The Bertz CT molecular complexity index is 428. The molecule has 0 aromatic carbocycles. The minimum Gasteiger partial charge on any atom is -0.480 e. The highest BCUT2D eigenvalue weighted by molar-refractivity contribution is 5.77. The summed E-state index contributed by atoms with van der Waals surface area (Å²) in [6.07, 6.45) is 6.45. The van der Waals surface area contributed by atoms with Gasteiger partial charge in [-0.3, -0.25) is 0 Å². The molecule has 1 rings (SSSR count). The maximum Gasteiger partial charge on any atom is 0.327 e. The van der Waals surface area contributed by atoms with Crippen molar-refractivity contribution in [1.82, 2.24) is 9.97 Å². The van der Waals surface area contributed by atoms with E-state index >= 15 is 0 Å². The third-order valence-electron chi connectivity index (χ3n) is 1.88. The normalized spacial score (nSPS) is 11.3. The summed E-state index contributed by atoms with van der Waals surface area (Å²) in [5, 5.41) is 11.6. The van der Waals surface area contributed by atoms with Crippen molar-refractivity contribution in [3.05, 3.63) is 12.4 Å². The second kappa shape index (κ2) is 6.33. The van der Waals surface area contributed by atoms with E-state index in [0.29, 0.717) is 18.3 Å². The molecule has 0 spiro atoms. The van der Waals surface area contributed by atoms with E-state index in [1.54, 1.807) is 0 Å². The van der Waals surface area contributed by atoms with Crippen LogP contribution in [-0.2, 0) is 4.79 Å². The molecule has 1 unspecified atom stereocenters. The molecule has 0 bridgehead atoms. The van der Waals surface area contributed by atoms with Gasteiger partial charge in [-0.25, -0.2) is 14.8 Å². The van der Waals surface area contributed by atoms with Crippen LogP contribution in [0.4, 0.5) is 5.82 Å². The Morgan fingerprint density at radius 2 is 2.47 bits per heavy atom. The van der Waals surface area contributed by atoms with Gasteiger partial charge in [-0.05, 0) is 6.92 Å². The van der Waals surface area contributed by atoms with Crippen molar-refractivity contribution in [2.75, 3.05) is 11.9 Å². The van der Waals surface area contributed by atoms with E-state index < -0.39 is 12.0 Å². The smallest absolute Gasteiger partial charge is 0.327 e. The minimum absolute atomic E-state index is 0.0727. The van der Waals surface area contributed by atoms with Gasteiger partial charge in [0.05, 0.1) is 6.61 Å². The largest absolute Gasteiger partial charge is 0.480 e. The molecule has 0 saturated carbocycles. The zero-order valence-corrected chi connectivity index (χ0v) is 9.38. The number of carbonyl (C=O) groups is 1. The van der Waals surface area contributed by atoms with E-state index in [9.17, 15) is 4.79 Å². The molecule has 1 aromatic heterocycles. The van der Waals surface area contributed by atoms with Crippen LogP contribution in [0.25, 0.3) is 0 Å². The Morgan fingerprint density at radius 3 is 3.06 bits per heavy atom. The Labute approximate surface area is 99.0 Å². The molecule has 1 heterocycles. The number of anilines is 1. The van der Waals surface area contributed by atoms with E-state index in [2.05, 4.69) is 21.2 Å². The van der Waals surface area contributed by atoms with Crippen molar-refractivity contribution in [2.45, 2.75) is 19.4 Å². The lowest BCUT2D eigenvalue weighted by Crippen LogP contribution is -2.29. The fourth-order valence-corrected chi connectivity index (χ4v) is 1.14. The van der Waals surface area contributed by atoms with Crippen molar-refractivity contribution in [3.63, 3.8) is 0 Å². The van der Waals surface area contributed by atoms with Gasteiger partial charge in [-0.15, -0.1) is 12.3 Å². The Balaban J connectivity index is 2.75. The van der Waals surface area contributed by atoms with Crippen molar-refractivity contribution in [2.24, 2.45) is 0 Å². The molecule has 0 fully saturated rings. The van der Waals surface area contributed by atoms with E-state index in [-0.39, 0.29) is 6.42 Å². The topological polar surface area (TPSA) is 84.3 Å². The predicted octanol–water partition coefficient (Wildman–Crippen LogP) is 0.764. The van der Waals surface area contributed by atoms with Crippen LogP contribution in [0, 0.1) is 12.3 Å². The van der Waals surface area contributed by atoms with Gasteiger partial charge >= 0.3 is 5.97 Å². The molecule has 90 valence electrons. The highest BCUT2D eigenvalue weighted by Crippen LogP contribution is 2.12. The quantitative estimate of drug-likeness (QED) is 0.708. The van der Waals surface area contributed by atoms with E-state index in [1.807, 2.05) is 6.92 Å². The second-order valence-corrected chi connectivity index (χ2v) is 3.12. The van der Waals surface area contributed by atoms with Gasteiger partial charge in [0, 0.05) is 12.5 Å². The van der Waals surface area contributed by atoms with Crippen molar-refractivity contribution >= 4 is 11.8 Å². The average molecular weight is 235 g/mol. The Hall–Kier alpha value is -2.29. The SMILES string of the molecule is C#CCC(Nc1cc(OCC)ncn1)C(=O)O. The molecule has 0 aliphatic heterocycles. The molecule has 0 saturated heterocycles. The first-order valence-corrected chi connectivity index (χ1v) is 5.05. The number of hydrogen-bond acceptors (Lipinski definition) is 5. The van der Waals surface area contributed by atoms with Gasteiger partial charge in [0.1, 0.15) is 18.2 Å². The summed E-state index contributed by atoms with van der Waals surface area (Å²) in [5.74, 6) is 2.01. The van der Waals surface area contributed by atoms with Crippen molar-refractivity contribution in [1.29, 1.82) is 0 Å². The van der Waals surface area contributed by atoms with Gasteiger partial charge in [0.2, 0.25) is 5.88 Å². The van der Waals surface area contributed by atoms with Gasteiger partial charge < -0.3 is 15.2 Å². The molecule has 2 N–H and O–H groups in total. The summed E-state index contributed by atoms with van der Waals surface area (Å²) in [6, 6.07) is 0.653. The van der Waals surface area contributed by atoms with Gasteiger partial charge in [0.25, 0.3) is 0 Å². The summed E-state index contributed by atoms with van der Waals surface area (Å²) in [5.41, 5.74) is 0. The summed E-state index contributed by atoms with van der Waals surface area (Å²) < 4.78 is 5.17. The lowest BCUT2D eigenvalue weighted by Gasteiger charge is -2.12.